The van der Waals surface area contributed by atoms with Crippen molar-refractivity contribution in [3.63, 3.8) is 0 Å². The lowest BCUT2D eigenvalue weighted by Gasteiger charge is -2.43. The molecule has 5 heterocycles. The SMILES string of the molecule is C/C(CN(C)C(=O)c1cc(C)cc(Cl)c1)=N\OCCCS(=O)(=O)O.CC(CCN1CCC(N2CCCC(CC(=O)N3CC(O)C3)C2=O)CC1)c1ccc(Cl)c(Cl)c1.CC(CCN1CCC(N2CCCCC2=O)CC1)c1ccc(Cl)c(Cl)c1. The molecule has 0 saturated carbocycles. The summed E-state index contributed by atoms with van der Waals surface area (Å²) in [6.45, 7) is 17.2. The highest BCUT2D eigenvalue weighted by Crippen LogP contribution is 2.32. The van der Waals surface area contributed by atoms with Gasteiger partial charge in [0.15, 0.2) is 0 Å². The van der Waals surface area contributed by atoms with Gasteiger partial charge in [-0.15, -0.1) is 0 Å². The largest absolute Gasteiger partial charge is 0.396 e. The van der Waals surface area contributed by atoms with E-state index >= 15 is 0 Å². The first kappa shape index (κ1) is 67.4. The molecule has 22 heteroatoms. The Morgan fingerprint density at radius 2 is 1.29 bits per heavy atom. The summed E-state index contributed by atoms with van der Waals surface area (Å²) in [6.07, 6.45) is 11.2. The number of nitrogens with zero attached hydrogens (tertiary/aromatic N) is 7. The molecule has 5 saturated heterocycles. The predicted molar refractivity (Wildman–Crippen MR) is 328 cm³/mol. The molecule has 8 rings (SSSR count). The van der Waals surface area contributed by atoms with Gasteiger partial charge in [-0.3, -0.25) is 23.7 Å². The van der Waals surface area contributed by atoms with E-state index < -0.39 is 16.2 Å². The van der Waals surface area contributed by atoms with Crippen molar-refractivity contribution >= 4 is 97.5 Å². The van der Waals surface area contributed by atoms with Crippen LogP contribution in [0.5, 0.6) is 0 Å². The van der Waals surface area contributed by atoms with E-state index in [1.165, 1.54) is 22.4 Å². The van der Waals surface area contributed by atoms with E-state index in [0.29, 0.717) is 73.3 Å². The number of piperidine rings is 4. The first-order chi connectivity index (χ1) is 38.9. The minimum Gasteiger partial charge on any atom is -0.396 e. The third-order valence-electron chi connectivity index (χ3n) is 16.3. The van der Waals surface area contributed by atoms with Crippen molar-refractivity contribution in [3.8, 4) is 0 Å². The summed E-state index contributed by atoms with van der Waals surface area (Å²) in [4.78, 5) is 67.3. The van der Waals surface area contributed by atoms with Crippen LogP contribution in [0.15, 0.2) is 59.8 Å². The van der Waals surface area contributed by atoms with Gasteiger partial charge < -0.3 is 39.3 Å². The van der Waals surface area contributed by atoms with Crippen LogP contribution < -0.4 is 0 Å². The average molecular weight is 1260 g/mol. The van der Waals surface area contributed by atoms with Crippen LogP contribution in [0.3, 0.4) is 0 Å². The fourth-order valence-electron chi connectivity index (χ4n) is 11.4. The summed E-state index contributed by atoms with van der Waals surface area (Å²) in [7, 11) is -2.35. The lowest BCUT2D eigenvalue weighted by atomic mass is 9.90. The highest BCUT2D eigenvalue weighted by molar-refractivity contribution is 7.85. The maximum absolute atomic E-state index is 13.1. The van der Waals surface area contributed by atoms with Crippen LogP contribution in [0.2, 0.25) is 25.1 Å². The number of halogens is 5. The number of hydrogen-bond acceptors (Lipinski definition) is 11. The molecule has 5 aliphatic heterocycles. The molecule has 0 aromatic heterocycles. The van der Waals surface area contributed by atoms with E-state index in [4.69, 9.17) is 67.4 Å². The van der Waals surface area contributed by atoms with Crippen LogP contribution in [0.1, 0.15) is 143 Å². The molecule has 4 amide bonds. The topological polar surface area (TPSA) is 184 Å². The monoisotopic (exact) mass is 1250 g/mol. The van der Waals surface area contributed by atoms with Gasteiger partial charge in [0, 0.05) is 107 Å². The van der Waals surface area contributed by atoms with Gasteiger partial charge in [-0.05, 0) is 162 Å². The van der Waals surface area contributed by atoms with E-state index in [1.54, 1.807) is 37.1 Å². The molecule has 3 aromatic rings. The van der Waals surface area contributed by atoms with Gasteiger partial charge >= 0.3 is 0 Å². The zero-order chi connectivity index (χ0) is 59.7. The van der Waals surface area contributed by atoms with Gasteiger partial charge in [-0.25, -0.2) is 0 Å². The minimum atomic E-state index is -3.98. The van der Waals surface area contributed by atoms with Crippen LogP contribution >= 0.6 is 58.0 Å². The van der Waals surface area contributed by atoms with E-state index in [-0.39, 0.29) is 61.4 Å². The number of oxime groups is 1. The smallest absolute Gasteiger partial charge is 0.264 e. The molecule has 0 aliphatic carbocycles. The number of benzene rings is 3. The van der Waals surface area contributed by atoms with Gasteiger partial charge in [-0.1, -0.05) is 89.1 Å². The van der Waals surface area contributed by atoms with E-state index in [9.17, 15) is 32.7 Å². The lowest BCUT2D eigenvalue weighted by molar-refractivity contribution is -0.150. The molecule has 3 aromatic carbocycles. The molecule has 3 atom stereocenters. The van der Waals surface area contributed by atoms with E-state index in [1.807, 2.05) is 31.2 Å². The van der Waals surface area contributed by atoms with Gasteiger partial charge in [0.2, 0.25) is 17.7 Å². The Bertz CT molecular complexity index is 2740. The summed E-state index contributed by atoms with van der Waals surface area (Å²) < 4.78 is 29.7. The highest BCUT2D eigenvalue weighted by atomic mass is 35.5. The standard InChI is InChI=1S/C25H35Cl2N3O3.C20H28Cl2N2O.C15H21ClN2O5S/c1-17(18-4-5-22(26)23(27)13-18)6-10-28-11-7-20(8-12-28)30-9-2-3-19(25(30)33)14-24(32)29-15-21(31)16-29;1-15(16-5-6-18(21)19(22)14-16)7-11-23-12-8-17(9-13-23)24-10-3-2-4-20(24)25;1-11-7-13(9-14(16)8-11)15(19)18(3)10-12(2)17-23-5-4-6-24(20,21)22/h4-5,13,17,19-21,31H,2-3,6-12,14-16H2,1H3;5-6,14-15,17H,2-4,7-13H2,1H3;7-9H,4-6,10H2,1-3H3,(H,20,21,22)/b;;17-12+. The fourth-order valence-corrected chi connectivity index (χ4v) is 12.7. The van der Waals surface area contributed by atoms with Crippen molar-refractivity contribution in [2.75, 3.05) is 91.4 Å². The van der Waals surface area contributed by atoms with Crippen LogP contribution in [0.25, 0.3) is 0 Å². The molecular formula is C60H84Cl5N7O9S. The van der Waals surface area contributed by atoms with Gasteiger partial charge in [0.1, 0.15) is 6.61 Å². The number of hydrogen-bond donors (Lipinski definition) is 2. The van der Waals surface area contributed by atoms with E-state index in [0.717, 1.165) is 122 Å². The molecule has 2 N–H and O–H groups in total. The molecule has 5 aliphatic rings. The van der Waals surface area contributed by atoms with Crippen molar-refractivity contribution in [2.24, 2.45) is 11.1 Å². The summed E-state index contributed by atoms with van der Waals surface area (Å²) in [5.74, 6) is 0.638. The number of carbonyl (C=O) groups excluding carboxylic acids is 4. The second kappa shape index (κ2) is 32.7. The molecule has 0 spiro atoms. The quantitative estimate of drug-likeness (QED) is 0.0475. The second-order valence-electron chi connectivity index (χ2n) is 22.9. The summed E-state index contributed by atoms with van der Waals surface area (Å²) >= 11 is 30.3. The number of amides is 4. The van der Waals surface area contributed by atoms with Crippen LogP contribution in [0, 0.1) is 12.8 Å². The number of β-amino-alcohol motifs (C(OH)–C–C–N with tert-alkyl or cyclic N) is 1. The average Bonchev–Trinajstić information content (AvgIpc) is 3.64. The molecule has 0 radical (unpaired) electrons. The molecule has 0 bridgehead atoms. The number of aliphatic hydroxyl groups is 1. The third-order valence-corrected chi connectivity index (χ3v) is 18.8. The Kier molecular flexibility index (Phi) is 26.8. The molecule has 16 nitrogen and oxygen atoms in total. The Morgan fingerprint density at radius 1 is 0.744 bits per heavy atom. The van der Waals surface area contributed by atoms with Crippen molar-refractivity contribution in [1.82, 2.24) is 29.4 Å². The Hall–Kier alpha value is -3.75. The number of aliphatic hydroxyl groups excluding tert-OH is 1. The zero-order valence-electron chi connectivity index (χ0n) is 48.2. The maximum atomic E-state index is 13.1. The molecular weight excluding hydrogens is 1170 g/mol. The summed E-state index contributed by atoms with van der Waals surface area (Å²) in [5.41, 5.74) is 4.40. The molecule has 3 unspecified atom stereocenters. The van der Waals surface area contributed by atoms with Crippen LogP contribution in [-0.2, 0) is 29.3 Å². The number of aryl methyl sites for hydroxylation is 1. The second-order valence-corrected chi connectivity index (χ2v) is 26.6. The first-order valence-corrected chi connectivity index (χ1v) is 32.5. The van der Waals surface area contributed by atoms with Crippen molar-refractivity contribution < 1.29 is 42.1 Å². The van der Waals surface area contributed by atoms with Crippen LogP contribution in [0.4, 0.5) is 0 Å². The van der Waals surface area contributed by atoms with Crippen molar-refractivity contribution in [2.45, 2.75) is 141 Å². The number of rotatable bonds is 20. The Labute approximate surface area is 511 Å². The molecule has 82 heavy (non-hydrogen) atoms. The number of likely N-dealkylation sites (tertiary alicyclic amines) is 5. The minimum absolute atomic E-state index is 0.00594. The Balaban J connectivity index is 0.000000202. The van der Waals surface area contributed by atoms with Crippen molar-refractivity contribution in [3.05, 3.63) is 102 Å². The summed E-state index contributed by atoms with van der Waals surface area (Å²) in [5, 5.41) is 16.2. The molecule has 454 valence electrons. The zero-order valence-corrected chi connectivity index (χ0v) is 52.8. The normalized spacial score (nSPS) is 19.8. The lowest BCUT2D eigenvalue weighted by Crippen LogP contribution is -2.55. The predicted octanol–water partition coefficient (Wildman–Crippen LogP) is 11.1. The van der Waals surface area contributed by atoms with Crippen molar-refractivity contribution in [1.29, 1.82) is 0 Å². The fraction of sp³-hybridized carbons (Fsp3) is 0.617. The van der Waals surface area contributed by atoms with E-state index in [2.05, 4.69) is 50.7 Å². The number of carbonyl (C=O) groups is 4. The molecule has 5 fully saturated rings. The highest BCUT2D eigenvalue weighted by Gasteiger charge is 2.38. The first-order valence-electron chi connectivity index (χ1n) is 29.0. The summed E-state index contributed by atoms with van der Waals surface area (Å²) in [6, 6.07) is 17.7. The third kappa shape index (κ3) is 21.3. The maximum Gasteiger partial charge on any atom is 0.264 e. The van der Waals surface area contributed by atoms with Gasteiger partial charge in [0.25, 0.3) is 16.0 Å². The van der Waals surface area contributed by atoms with Gasteiger partial charge in [-0.2, -0.15) is 8.42 Å². The van der Waals surface area contributed by atoms with Gasteiger partial charge in [0.05, 0.1) is 44.2 Å². The Morgan fingerprint density at radius 3 is 1.80 bits per heavy atom. The van der Waals surface area contributed by atoms with Crippen LogP contribution in [-0.4, -0.2) is 186 Å².